The summed E-state index contributed by atoms with van der Waals surface area (Å²) in [5.41, 5.74) is 0. The van der Waals surface area contributed by atoms with Gasteiger partial charge in [-0.2, -0.15) is 13.2 Å². The summed E-state index contributed by atoms with van der Waals surface area (Å²) < 4.78 is 45.1. The van der Waals surface area contributed by atoms with Gasteiger partial charge < -0.3 is 10.1 Å². The minimum Gasteiger partial charge on any atom is -0.440 e. The highest BCUT2D eigenvalue weighted by molar-refractivity contribution is 5.67. The molecule has 1 N–H and O–H groups in total. The van der Waals surface area contributed by atoms with Gasteiger partial charge in [-0.25, -0.2) is 19.6 Å². The highest BCUT2D eigenvalue weighted by Crippen LogP contribution is 2.14. The second-order valence-electron chi connectivity index (χ2n) is 4.11. The number of rotatable bonds is 5. The molecular weight excluding hydrogens is 323 g/mol. The predicted molar refractivity (Wildman–Crippen MR) is 67.2 cm³/mol. The van der Waals surface area contributed by atoms with Crippen molar-refractivity contribution in [3.8, 4) is 11.6 Å². The molecule has 23 heavy (non-hydrogen) atoms. The third-order valence-corrected chi connectivity index (χ3v) is 2.42. The van der Waals surface area contributed by atoms with Crippen molar-refractivity contribution in [2.24, 2.45) is 0 Å². The van der Waals surface area contributed by atoms with Gasteiger partial charge in [-0.1, -0.05) is 5.16 Å². The average molecular weight is 333 g/mol. The summed E-state index contributed by atoms with van der Waals surface area (Å²) in [6.07, 6.45) is -3.01. The van der Waals surface area contributed by atoms with Crippen molar-refractivity contribution in [1.29, 1.82) is 0 Å². The van der Waals surface area contributed by atoms with Crippen LogP contribution in [0.3, 0.4) is 0 Å². The van der Waals surface area contributed by atoms with Crippen LogP contribution in [0.25, 0.3) is 11.6 Å². The first-order valence-corrected chi connectivity index (χ1v) is 6.18. The van der Waals surface area contributed by atoms with Gasteiger partial charge in [-0.15, -0.1) is 0 Å². The molecule has 0 bridgehead atoms. The zero-order chi connectivity index (χ0) is 16.9. The fourth-order valence-corrected chi connectivity index (χ4v) is 1.51. The molecule has 0 aromatic carbocycles. The quantitative estimate of drug-likeness (QED) is 0.852. The van der Waals surface area contributed by atoms with Crippen LogP contribution in [-0.2, 0) is 11.3 Å². The van der Waals surface area contributed by atoms with E-state index in [1.54, 1.807) is 6.07 Å². The van der Waals surface area contributed by atoms with Crippen molar-refractivity contribution in [2.75, 3.05) is 13.2 Å². The van der Waals surface area contributed by atoms with Crippen molar-refractivity contribution >= 4 is 6.09 Å². The largest absolute Gasteiger partial charge is 0.442 e. The summed E-state index contributed by atoms with van der Waals surface area (Å²) in [5.74, 6) is -0.669. The molecule has 0 saturated heterocycles. The van der Waals surface area contributed by atoms with E-state index in [2.05, 4.69) is 29.7 Å². The number of nitrogens with one attached hydrogen (secondary N) is 1. The van der Waals surface area contributed by atoms with E-state index >= 15 is 0 Å². The Morgan fingerprint density at radius 3 is 2.70 bits per heavy atom. The van der Waals surface area contributed by atoms with Crippen molar-refractivity contribution in [1.82, 2.24) is 25.0 Å². The number of nitrogens with zero attached hydrogens (tertiary/aromatic N) is 4. The highest BCUT2D eigenvalue weighted by Gasteiger charge is 2.29. The van der Waals surface area contributed by atoms with Gasteiger partial charge in [0.15, 0.2) is 12.4 Å². The Kier molecular flexibility index (Phi) is 4.93. The number of carbonyl (C=O) groups is 1. The van der Waals surface area contributed by atoms with Crippen LogP contribution in [0.15, 0.2) is 27.8 Å². The van der Waals surface area contributed by atoms with E-state index in [0.29, 0.717) is 0 Å². The van der Waals surface area contributed by atoms with Gasteiger partial charge in [0.25, 0.3) is 0 Å². The predicted octanol–water partition coefficient (Wildman–Crippen LogP) is 0.582. The first-order valence-electron chi connectivity index (χ1n) is 6.18. The van der Waals surface area contributed by atoms with E-state index < -0.39 is 24.6 Å². The van der Waals surface area contributed by atoms with Crippen LogP contribution in [-0.4, -0.2) is 45.1 Å². The minimum absolute atomic E-state index is 0.0288. The fourth-order valence-electron chi connectivity index (χ4n) is 1.51. The molecule has 0 atom stereocenters. The number of alkyl halides is 3. The van der Waals surface area contributed by atoms with Gasteiger partial charge in [-0.05, 0) is 6.07 Å². The Balaban J connectivity index is 1.93. The molecule has 1 amide bonds. The summed E-state index contributed by atoms with van der Waals surface area (Å²) in [4.78, 5) is 30.4. The van der Waals surface area contributed by atoms with E-state index in [4.69, 9.17) is 0 Å². The maximum atomic E-state index is 11.9. The monoisotopic (exact) mass is 333 g/mol. The Morgan fingerprint density at radius 2 is 2.04 bits per heavy atom. The summed E-state index contributed by atoms with van der Waals surface area (Å²) in [5, 5.41) is 5.58. The smallest absolute Gasteiger partial charge is 0.440 e. The van der Waals surface area contributed by atoms with Crippen molar-refractivity contribution in [3.05, 3.63) is 29.0 Å². The number of alkyl carbamates (subject to hydrolysis) is 1. The molecule has 0 aliphatic rings. The van der Waals surface area contributed by atoms with Crippen molar-refractivity contribution in [3.63, 3.8) is 0 Å². The fraction of sp³-hybridized carbons (Fsp3) is 0.364. The lowest BCUT2D eigenvalue weighted by Crippen LogP contribution is -2.32. The minimum atomic E-state index is -4.61. The molecule has 12 heteroatoms. The summed E-state index contributed by atoms with van der Waals surface area (Å²) in [7, 11) is 0. The highest BCUT2D eigenvalue weighted by atomic mass is 19.4. The molecule has 124 valence electrons. The zero-order valence-electron chi connectivity index (χ0n) is 11.4. The van der Waals surface area contributed by atoms with Crippen LogP contribution in [0.1, 0.15) is 0 Å². The van der Waals surface area contributed by atoms with Gasteiger partial charge in [0.2, 0.25) is 5.82 Å². The number of ether oxygens (including phenoxy) is 1. The van der Waals surface area contributed by atoms with Crippen LogP contribution < -0.4 is 11.1 Å². The molecule has 0 spiro atoms. The lowest BCUT2D eigenvalue weighted by molar-refractivity contribution is -0.160. The van der Waals surface area contributed by atoms with Gasteiger partial charge in [-0.3, -0.25) is 9.09 Å². The molecule has 0 unspecified atom stereocenters. The van der Waals surface area contributed by atoms with Crippen LogP contribution in [0, 0.1) is 0 Å². The number of halogens is 3. The molecule has 0 saturated carbocycles. The first kappa shape index (κ1) is 16.5. The molecule has 2 rings (SSSR count). The van der Waals surface area contributed by atoms with Crippen LogP contribution in [0.2, 0.25) is 0 Å². The average Bonchev–Trinajstić information content (AvgIpc) is 2.87. The normalized spacial score (nSPS) is 11.3. The number of amides is 1. The van der Waals surface area contributed by atoms with Gasteiger partial charge in [0.05, 0.1) is 0 Å². The second-order valence-corrected chi connectivity index (χ2v) is 4.11. The van der Waals surface area contributed by atoms with E-state index in [0.717, 1.165) is 4.57 Å². The summed E-state index contributed by atoms with van der Waals surface area (Å²) in [6.45, 7) is -2.00. The first-order chi connectivity index (χ1) is 10.9. The van der Waals surface area contributed by atoms with Crippen LogP contribution in [0.4, 0.5) is 18.0 Å². The molecule has 0 radical (unpaired) electrons. The number of carbonyl (C=O) groups excluding carboxylic acids is 1. The molecule has 0 fully saturated rings. The number of hydrogen-bond donors (Lipinski definition) is 1. The molecule has 2 heterocycles. The molecule has 0 aliphatic heterocycles. The van der Waals surface area contributed by atoms with Crippen molar-refractivity contribution in [2.45, 2.75) is 12.7 Å². The summed E-state index contributed by atoms with van der Waals surface area (Å²) >= 11 is 0. The van der Waals surface area contributed by atoms with Crippen LogP contribution >= 0.6 is 0 Å². The second kappa shape index (κ2) is 6.89. The SMILES string of the molecule is O=C(NCCn1c(-c2ncccn2)noc1=O)OCC(F)(F)F. The maximum absolute atomic E-state index is 11.9. The third-order valence-electron chi connectivity index (χ3n) is 2.42. The van der Waals surface area contributed by atoms with E-state index in [1.807, 2.05) is 0 Å². The van der Waals surface area contributed by atoms with Gasteiger partial charge in [0, 0.05) is 25.5 Å². The standard InChI is InChI=1S/C11H10F3N5O4/c12-11(13,14)6-22-9(20)17-4-5-19-8(18-23-10(19)21)7-15-2-1-3-16-7/h1-3H,4-6H2,(H,17,20). The lowest BCUT2D eigenvalue weighted by atomic mass is 10.5. The molecule has 2 aromatic heterocycles. The number of aromatic nitrogens is 4. The third kappa shape index (κ3) is 4.79. The Bertz CT molecular complexity index is 712. The van der Waals surface area contributed by atoms with E-state index in [-0.39, 0.29) is 24.7 Å². The Labute approximate surface area is 126 Å². The van der Waals surface area contributed by atoms with Gasteiger partial charge in [0.1, 0.15) is 0 Å². The number of hydrogen-bond acceptors (Lipinski definition) is 7. The zero-order valence-corrected chi connectivity index (χ0v) is 11.4. The summed E-state index contributed by atoms with van der Waals surface area (Å²) in [6, 6.07) is 1.56. The van der Waals surface area contributed by atoms with Crippen molar-refractivity contribution < 1.29 is 27.2 Å². The lowest BCUT2D eigenvalue weighted by Gasteiger charge is -2.09. The van der Waals surface area contributed by atoms with Crippen LogP contribution in [0.5, 0.6) is 0 Å². The maximum Gasteiger partial charge on any atom is 0.442 e. The van der Waals surface area contributed by atoms with E-state index in [9.17, 15) is 22.8 Å². The molecule has 0 aliphatic carbocycles. The molecular formula is C11H10F3N5O4. The van der Waals surface area contributed by atoms with E-state index in [1.165, 1.54) is 12.4 Å². The topological polar surface area (TPSA) is 112 Å². The molecule has 2 aromatic rings. The Hall–Kier alpha value is -2.92. The molecule has 9 nitrogen and oxygen atoms in total. The van der Waals surface area contributed by atoms with Gasteiger partial charge >= 0.3 is 18.0 Å². The Morgan fingerprint density at radius 1 is 1.35 bits per heavy atom.